The fourth-order valence-electron chi connectivity index (χ4n) is 1.91. The summed E-state index contributed by atoms with van der Waals surface area (Å²) in [5, 5.41) is 13.1. The molecule has 0 saturated heterocycles. The molecule has 0 bridgehead atoms. The van der Waals surface area contributed by atoms with Crippen molar-refractivity contribution in [1.29, 1.82) is 0 Å². The number of aromatic nitrogens is 1. The fourth-order valence-corrected chi connectivity index (χ4v) is 2.86. The third-order valence-corrected chi connectivity index (χ3v) is 3.99. The van der Waals surface area contributed by atoms with Crippen molar-refractivity contribution in [3.63, 3.8) is 0 Å². The van der Waals surface area contributed by atoms with Crippen LogP contribution >= 0.6 is 22.9 Å². The van der Waals surface area contributed by atoms with Crippen molar-refractivity contribution in [2.45, 2.75) is 6.10 Å². The fraction of sp³-hybridized carbons (Fsp3) is 0.0714. The van der Waals surface area contributed by atoms with E-state index in [0.717, 1.165) is 16.3 Å². The lowest BCUT2D eigenvalue weighted by Gasteiger charge is -2.08. The van der Waals surface area contributed by atoms with Crippen LogP contribution in [0.3, 0.4) is 0 Å². The smallest absolute Gasteiger partial charge is 0.131 e. The zero-order valence-electron chi connectivity index (χ0n) is 9.38. The first-order valence-corrected chi connectivity index (χ1v) is 6.71. The molecule has 1 aromatic heterocycles. The van der Waals surface area contributed by atoms with E-state index in [0.29, 0.717) is 9.34 Å². The second kappa shape index (κ2) is 4.69. The van der Waals surface area contributed by atoms with Crippen molar-refractivity contribution in [3.8, 4) is 0 Å². The highest BCUT2D eigenvalue weighted by atomic mass is 35.5. The van der Waals surface area contributed by atoms with Crippen molar-refractivity contribution in [2.75, 3.05) is 0 Å². The number of aliphatic hydroxyl groups excluding tert-OH is 1. The second-order valence-electron chi connectivity index (χ2n) is 4.01. The van der Waals surface area contributed by atoms with E-state index >= 15 is 0 Å². The number of benzene rings is 2. The lowest BCUT2D eigenvalue weighted by Crippen LogP contribution is -1.98. The molecule has 0 aliphatic rings. The molecule has 3 rings (SSSR count). The van der Waals surface area contributed by atoms with Gasteiger partial charge in [-0.15, -0.1) is 11.3 Å². The number of fused-ring (bicyclic) bond motifs is 1. The molecule has 4 heteroatoms. The van der Waals surface area contributed by atoms with E-state index < -0.39 is 6.10 Å². The summed E-state index contributed by atoms with van der Waals surface area (Å²) in [7, 11) is 0. The van der Waals surface area contributed by atoms with Crippen molar-refractivity contribution in [3.05, 3.63) is 63.6 Å². The number of hydrogen-bond donors (Lipinski definition) is 1. The molecule has 2 nitrogen and oxygen atoms in total. The zero-order chi connectivity index (χ0) is 12.5. The van der Waals surface area contributed by atoms with Crippen molar-refractivity contribution >= 4 is 33.7 Å². The first-order chi connectivity index (χ1) is 8.74. The molecule has 0 aliphatic heterocycles. The number of hydrogen-bond acceptors (Lipinski definition) is 3. The summed E-state index contributed by atoms with van der Waals surface area (Å²) in [5.74, 6) is 0. The van der Waals surface area contributed by atoms with Gasteiger partial charge < -0.3 is 5.11 Å². The highest BCUT2D eigenvalue weighted by Gasteiger charge is 2.14. The number of thiazole rings is 1. The Labute approximate surface area is 113 Å². The van der Waals surface area contributed by atoms with Crippen LogP contribution in [0.5, 0.6) is 0 Å². The topological polar surface area (TPSA) is 33.1 Å². The molecule has 1 atom stereocenters. The first kappa shape index (κ1) is 11.7. The van der Waals surface area contributed by atoms with Crippen LogP contribution in [0, 0.1) is 0 Å². The van der Waals surface area contributed by atoms with Gasteiger partial charge in [0.15, 0.2) is 0 Å². The molecule has 3 aromatic rings. The summed E-state index contributed by atoms with van der Waals surface area (Å²) in [4.78, 5) is 4.11. The Hall–Kier alpha value is -1.42. The lowest BCUT2D eigenvalue weighted by atomic mass is 10.0. The molecular formula is C14H10ClNOS. The Morgan fingerprint density at radius 2 is 1.89 bits per heavy atom. The minimum atomic E-state index is -0.716. The monoisotopic (exact) mass is 275 g/mol. The summed E-state index contributed by atoms with van der Waals surface area (Å²) < 4.78 is 0.588. The van der Waals surface area contributed by atoms with E-state index in [4.69, 9.17) is 11.6 Å². The summed E-state index contributed by atoms with van der Waals surface area (Å²) in [6.45, 7) is 0. The summed E-state index contributed by atoms with van der Waals surface area (Å²) in [5.41, 5.74) is 0.833. The van der Waals surface area contributed by atoms with Crippen LogP contribution in [0.4, 0.5) is 0 Å². The Morgan fingerprint density at radius 1 is 1.11 bits per heavy atom. The molecule has 2 aromatic carbocycles. The van der Waals surface area contributed by atoms with Gasteiger partial charge in [-0.3, -0.25) is 0 Å². The highest BCUT2D eigenvalue weighted by molar-refractivity contribution is 7.15. The third-order valence-electron chi connectivity index (χ3n) is 2.82. The molecule has 0 saturated carbocycles. The molecule has 18 heavy (non-hydrogen) atoms. The summed E-state index contributed by atoms with van der Waals surface area (Å²) in [6, 6.07) is 14.0. The van der Waals surface area contributed by atoms with Crippen LogP contribution < -0.4 is 0 Å². The third kappa shape index (κ3) is 2.12. The Balaban J connectivity index is 2.03. The standard InChI is InChI=1S/C14H10ClNOS/c15-12-8-16-14(18-12)13(17)11-6-5-9-3-1-2-4-10(9)7-11/h1-8,13,17H. The van der Waals surface area contributed by atoms with E-state index in [1.165, 1.54) is 11.3 Å². The molecule has 0 fully saturated rings. The normalized spacial score (nSPS) is 12.8. The lowest BCUT2D eigenvalue weighted by molar-refractivity contribution is 0.220. The molecule has 1 N–H and O–H groups in total. The van der Waals surface area contributed by atoms with E-state index in [9.17, 15) is 5.11 Å². The average molecular weight is 276 g/mol. The van der Waals surface area contributed by atoms with Gasteiger partial charge in [0.25, 0.3) is 0 Å². The second-order valence-corrected chi connectivity index (χ2v) is 5.71. The number of halogens is 1. The Kier molecular flexibility index (Phi) is 3.04. The SMILES string of the molecule is OC(c1ccc2ccccc2c1)c1ncc(Cl)s1. The van der Waals surface area contributed by atoms with Crippen LogP contribution in [0.25, 0.3) is 10.8 Å². The van der Waals surface area contributed by atoms with Gasteiger partial charge in [-0.2, -0.15) is 0 Å². The maximum Gasteiger partial charge on any atom is 0.131 e. The van der Waals surface area contributed by atoms with Crippen molar-refractivity contribution < 1.29 is 5.11 Å². The number of aliphatic hydroxyl groups is 1. The summed E-state index contributed by atoms with van der Waals surface area (Å²) in [6.07, 6.45) is 0.846. The van der Waals surface area contributed by atoms with Gasteiger partial charge in [0, 0.05) is 0 Å². The van der Waals surface area contributed by atoms with Gasteiger partial charge in [0.05, 0.1) is 6.20 Å². The van der Waals surface area contributed by atoms with Crippen LogP contribution in [0.1, 0.15) is 16.7 Å². The molecule has 0 spiro atoms. The van der Waals surface area contributed by atoms with Gasteiger partial charge in [0.1, 0.15) is 15.4 Å². The number of rotatable bonds is 2. The van der Waals surface area contributed by atoms with Gasteiger partial charge in [-0.25, -0.2) is 4.98 Å². The van der Waals surface area contributed by atoms with E-state index in [1.807, 2.05) is 42.5 Å². The van der Waals surface area contributed by atoms with Gasteiger partial charge in [-0.1, -0.05) is 48.0 Å². The maximum atomic E-state index is 10.3. The minimum Gasteiger partial charge on any atom is -0.381 e. The van der Waals surface area contributed by atoms with E-state index in [1.54, 1.807) is 6.20 Å². The van der Waals surface area contributed by atoms with Crippen molar-refractivity contribution in [2.24, 2.45) is 0 Å². The van der Waals surface area contributed by atoms with E-state index in [2.05, 4.69) is 4.98 Å². The molecule has 0 amide bonds. The molecule has 90 valence electrons. The van der Waals surface area contributed by atoms with Gasteiger partial charge >= 0.3 is 0 Å². The molecule has 0 aliphatic carbocycles. The van der Waals surface area contributed by atoms with Crippen LogP contribution in [-0.2, 0) is 0 Å². The minimum absolute atomic E-state index is 0.588. The average Bonchev–Trinajstić information content (AvgIpc) is 2.84. The van der Waals surface area contributed by atoms with E-state index in [-0.39, 0.29) is 0 Å². The molecule has 1 unspecified atom stereocenters. The highest BCUT2D eigenvalue weighted by Crippen LogP contribution is 2.29. The van der Waals surface area contributed by atoms with Gasteiger partial charge in [0.2, 0.25) is 0 Å². The Bertz CT molecular complexity index is 695. The molecule has 1 heterocycles. The maximum absolute atomic E-state index is 10.3. The van der Waals surface area contributed by atoms with Crippen LogP contribution in [0.15, 0.2) is 48.7 Å². The largest absolute Gasteiger partial charge is 0.381 e. The Morgan fingerprint density at radius 3 is 2.61 bits per heavy atom. The van der Waals surface area contributed by atoms with Crippen LogP contribution in [-0.4, -0.2) is 10.1 Å². The van der Waals surface area contributed by atoms with Crippen LogP contribution in [0.2, 0.25) is 4.34 Å². The van der Waals surface area contributed by atoms with Gasteiger partial charge in [-0.05, 0) is 22.4 Å². The predicted octanol–water partition coefficient (Wildman–Crippen LogP) is 4.03. The molecule has 0 radical (unpaired) electrons. The first-order valence-electron chi connectivity index (χ1n) is 5.52. The summed E-state index contributed by atoms with van der Waals surface area (Å²) >= 11 is 7.13. The molecular weight excluding hydrogens is 266 g/mol. The number of nitrogens with zero attached hydrogens (tertiary/aromatic N) is 1. The quantitative estimate of drug-likeness (QED) is 0.766. The zero-order valence-corrected chi connectivity index (χ0v) is 10.9. The van der Waals surface area contributed by atoms with Crippen molar-refractivity contribution in [1.82, 2.24) is 4.98 Å². The predicted molar refractivity (Wildman–Crippen MR) is 75.1 cm³/mol.